The van der Waals surface area contributed by atoms with Gasteiger partial charge in [0, 0.05) is 12.6 Å². The lowest BCUT2D eigenvalue weighted by Gasteiger charge is -2.07. The summed E-state index contributed by atoms with van der Waals surface area (Å²) in [7, 11) is 0. The van der Waals surface area contributed by atoms with Gasteiger partial charge in [-0.3, -0.25) is 14.9 Å². The Morgan fingerprint density at radius 3 is 2.83 bits per heavy atom. The number of hydrogen-bond acceptors (Lipinski definition) is 5. The Bertz CT molecular complexity index is 448. The summed E-state index contributed by atoms with van der Waals surface area (Å²) in [5, 5.41) is 13.9. The highest BCUT2D eigenvalue weighted by Crippen LogP contribution is 2.27. The van der Waals surface area contributed by atoms with E-state index in [1.807, 2.05) is 6.92 Å². The van der Waals surface area contributed by atoms with Gasteiger partial charge < -0.3 is 15.8 Å². The molecule has 0 spiro atoms. The Morgan fingerprint density at radius 2 is 2.28 bits per heavy atom. The summed E-state index contributed by atoms with van der Waals surface area (Å²) in [6.07, 6.45) is 0. The molecular formula is C11H15N3O4. The number of nitro benzene ring substituents is 1. The maximum absolute atomic E-state index is 10.8. The van der Waals surface area contributed by atoms with Crippen molar-refractivity contribution in [3.05, 3.63) is 33.9 Å². The summed E-state index contributed by atoms with van der Waals surface area (Å²) in [5.74, 6) is -0.629. The van der Waals surface area contributed by atoms with E-state index in [1.54, 1.807) is 6.07 Å². The number of rotatable bonds is 7. The number of ether oxygens (including phenoxy) is 1. The molecule has 0 aliphatic heterocycles. The summed E-state index contributed by atoms with van der Waals surface area (Å²) >= 11 is 0. The van der Waals surface area contributed by atoms with E-state index >= 15 is 0 Å². The molecule has 0 radical (unpaired) electrons. The number of amides is 1. The Labute approximate surface area is 104 Å². The summed E-state index contributed by atoms with van der Waals surface area (Å²) in [6, 6.07) is 4.52. The predicted octanol–water partition coefficient (Wildman–Crippen LogP) is 0.568. The highest BCUT2D eigenvalue weighted by molar-refractivity contribution is 5.75. The molecule has 3 N–H and O–H groups in total. The van der Waals surface area contributed by atoms with Crippen molar-refractivity contribution in [2.75, 3.05) is 13.2 Å². The molecule has 1 aromatic rings. The second-order valence-electron chi connectivity index (χ2n) is 3.59. The molecular weight excluding hydrogens is 238 g/mol. The highest BCUT2D eigenvalue weighted by Gasteiger charge is 2.16. The second kappa shape index (κ2) is 6.55. The van der Waals surface area contributed by atoms with E-state index in [0.29, 0.717) is 6.54 Å². The average molecular weight is 253 g/mol. The highest BCUT2D eigenvalue weighted by atomic mass is 16.6. The van der Waals surface area contributed by atoms with Crippen molar-refractivity contribution in [2.45, 2.75) is 13.5 Å². The Kier molecular flexibility index (Phi) is 5.06. The van der Waals surface area contributed by atoms with Crippen molar-refractivity contribution >= 4 is 11.6 Å². The van der Waals surface area contributed by atoms with E-state index in [-0.39, 0.29) is 18.0 Å². The van der Waals surface area contributed by atoms with Gasteiger partial charge in [0.25, 0.3) is 5.91 Å². The molecule has 1 aromatic carbocycles. The van der Waals surface area contributed by atoms with Crippen LogP contribution in [0.25, 0.3) is 0 Å². The van der Waals surface area contributed by atoms with Crippen LogP contribution in [-0.4, -0.2) is 24.0 Å². The Hall–Kier alpha value is -2.15. The molecule has 18 heavy (non-hydrogen) atoms. The normalized spacial score (nSPS) is 10.1. The molecule has 0 atom stereocenters. The van der Waals surface area contributed by atoms with Crippen LogP contribution in [0, 0.1) is 10.1 Å². The minimum Gasteiger partial charge on any atom is -0.477 e. The first-order chi connectivity index (χ1) is 8.54. The van der Waals surface area contributed by atoms with Gasteiger partial charge in [0.2, 0.25) is 0 Å². The Balaban J connectivity index is 2.92. The molecule has 0 unspecified atom stereocenters. The van der Waals surface area contributed by atoms with Crippen molar-refractivity contribution in [1.82, 2.24) is 5.32 Å². The number of carbonyl (C=O) groups is 1. The van der Waals surface area contributed by atoms with Crippen molar-refractivity contribution in [1.29, 1.82) is 0 Å². The molecule has 0 saturated heterocycles. The molecule has 0 fully saturated rings. The summed E-state index contributed by atoms with van der Waals surface area (Å²) in [5.41, 5.74) is 5.59. The van der Waals surface area contributed by atoms with Crippen LogP contribution in [0.2, 0.25) is 0 Å². The zero-order chi connectivity index (χ0) is 13.5. The van der Waals surface area contributed by atoms with Crippen molar-refractivity contribution in [3.63, 3.8) is 0 Å². The van der Waals surface area contributed by atoms with Gasteiger partial charge in [-0.05, 0) is 18.2 Å². The molecule has 1 rings (SSSR count). The quantitative estimate of drug-likeness (QED) is 0.545. The van der Waals surface area contributed by atoms with Gasteiger partial charge in [-0.1, -0.05) is 13.0 Å². The third-order valence-corrected chi connectivity index (χ3v) is 2.17. The minimum atomic E-state index is -0.679. The van der Waals surface area contributed by atoms with E-state index in [9.17, 15) is 14.9 Å². The lowest BCUT2D eigenvalue weighted by Crippen LogP contribution is -2.20. The maximum Gasteiger partial charge on any atom is 0.310 e. The zero-order valence-corrected chi connectivity index (χ0v) is 10.0. The van der Waals surface area contributed by atoms with Crippen LogP contribution in [0.4, 0.5) is 5.69 Å². The fourth-order valence-electron chi connectivity index (χ4n) is 1.35. The molecule has 0 bridgehead atoms. The van der Waals surface area contributed by atoms with Gasteiger partial charge in [-0.2, -0.15) is 0 Å². The Morgan fingerprint density at radius 1 is 1.56 bits per heavy atom. The van der Waals surface area contributed by atoms with Gasteiger partial charge >= 0.3 is 5.69 Å². The molecule has 98 valence electrons. The maximum atomic E-state index is 10.8. The molecule has 0 aliphatic rings. The van der Waals surface area contributed by atoms with Gasteiger partial charge in [0.1, 0.15) is 0 Å². The summed E-state index contributed by atoms with van der Waals surface area (Å²) in [6.45, 7) is 2.93. The first-order valence-electron chi connectivity index (χ1n) is 5.43. The zero-order valence-electron chi connectivity index (χ0n) is 10.0. The van der Waals surface area contributed by atoms with Crippen molar-refractivity contribution in [3.8, 4) is 5.75 Å². The van der Waals surface area contributed by atoms with Gasteiger partial charge in [0.15, 0.2) is 12.4 Å². The molecule has 0 saturated carbocycles. The number of benzene rings is 1. The third-order valence-electron chi connectivity index (χ3n) is 2.17. The van der Waals surface area contributed by atoms with E-state index in [2.05, 4.69) is 5.32 Å². The van der Waals surface area contributed by atoms with Gasteiger partial charge in [-0.15, -0.1) is 0 Å². The van der Waals surface area contributed by atoms with Crippen LogP contribution in [-0.2, 0) is 11.3 Å². The number of hydrogen-bond donors (Lipinski definition) is 2. The van der Waals surface area contributed by atoms with Crippen LogP contribution in [0.5, 0.6) is 5.75 Å². The number of nitro groups is 1. The van der Waals surface area contributed by atoms with Crippen LogP contribution in [0.3, 0.4) is 0 Å². The van der Waals surface area contributed by atoms with Gasteiger partial charge in [0.05, 0.1) is 4.92 Å². The summed E-state index contributed by atoms with van der Waals surface area (Å²) < 4.78 is 5.04. The van der Waals surface area contributed by atoms with Crippen LogP contribution in [0.1, 0.15) is 12.5 Å². The lowest BCUT2D eigenvalue weighted by molar-refractivity contribution is -0.385. The number of primary amides is 1. The van der Waals surface area contributed by atoms with E-state index < -0.39 is 10.8 Å². The molecule has 7 nitrogen and oxygen atoms in total. The van der Waals surface area contributed by atoms with E-state index in [1.165, 1.54) is 12.1 Å². The minimum absolute atomic E-state index is 0.0502. The van der Waals surface area contributed by atoms with Crippen molar-refractivity contribution in [2.24, 2.45) is 5.73 Å². The van der Waals surface area contributed by atoms with Crippen molar-refractivity contribution < 1.29 is 14.5 Å². The first kappa shape index (κ1) is 13.9. The SMILES string of the molecule is CCNCc1ccc([N+](=O)[O-])c(OCC(N)=O)c1. The van der Waals surface area contributed by atoms with Crippen LogP contribution < -0.4 is 15.8 Å². The first-order valence-corrected chi connectivity index (χ1v) is 5.43. The molecule has 7 heteroatoms. The third kappa shape index (κ3) is 4.02. The molecule has 0 aromatic heterocycles. The largest absolute Gasteiger partial charge is 0.477 e. The predicted molar refractivity (Wildman–Crippen MR) is 65.2 cm³/mol. The molecule has 0 aliphatic carbocycles. The van der Waals surface area contributed by atoms with Crippen LogP contribution in [0.15, 0.2) is 18.2 Å². The van der Waals surface area contributed by atoms with Gasteiger partial charge in [-0.25, -0.2) is 0 Å². The summed E-state index contributed by atoms with van der Waals surface area (Å²) in [4.78, 5) is 20.8. The average Bonchev–Trinajstić information content (AvgIpc) is 2.33. The smallest absolute Gasteiger partial charge is 0.310 e. The number of nitrogens with two attached hydrogens (primary N) is 1. The molecule has 1 amide bonds. The van der Waals surface area contributed by atoms with Crippen LogP contribution >= 0.6 is 0 Å². The number of nitrogens with zero attached hydrogens (tertiary/aromatic N) is 1. The monoisotopic (exact) mass is 253 g/mol. The fourth-order valence-corrected chi connectivity index (χ4v) is 1.35. The second-order valence-corrected chi connectivity index (χ2v) is 3.59. The molecule has 0 heterocycles. The number of nitrogens with one attached hydrogen (secondary N) is 1. The standard InChI is InChI=1S/C11H15N3O4/c1-2-13-6-8-3-4-9(14(16)17)10(5-8)18-7-11(12)15/h3-5,13H,2,6-7H2,1H3,(H2,12,15). The van der Waals surface area contributed by atoms with E-state index in [4.69, 9.17) is 10.5 Å². The number of carbonyl (C=O) groups excluding carboxylic acids is 1. The topological polar surface area (TPSA) is 107 Å². The lowest BCUT2D eigenvalue weighted by atomic mass is 10.2. The van der Waals surface area contributed by atoms with E-state index in [0.717, 1.165) is 12.1 Å². The fraction of sp³-hybridized carbons (Fsp3) is 0.364.